The number of fused-ring (bicyclic) bond motifs is 1. The molecule has 132 valence electrons. The average molecular weight is 404 g/mol. The normalized spacial score (nSPS) is 15.1. The number of amides is 1. The van der Waals surface area contributed by atoms with Crippen molar-refractivity contribution in [1.29, 1.82) is 0 Å². The first-order valence-electron chi connectivity index (χ1n) is 8.33. The third kappa shape index (κ3) is 3.67. The van der Waals surface area contributed by atoms with Crippen LogP contribution in [0.4, 0.5) is 10.5 Å². The Bertz CT molecular complexity index is 867. The number of nitrogens with zero attached hydrogens (tertiary/aromatic N) is 3. The molecule has 0 saturated carbocycles. The first kappa shape index (κ1) is 17.8. The number of pyridine rings is 1. The monoisotopic (exact) mass is 403 g/mol. The second-order valence-corrected chi connectivity index (χ2v) is 8.54. The number of halogens is 1. The molecule has 1 saturated heterocycles. The van der Waals surface area contributed by atoms with E-state index in [0.29, 0.717) is 24.7 Å². The predicted molar refractivity (Wildman–Crippen MR) is 101 cm³/mol. The van der Waals surface area contributed by atoms with Crippen molar-refractivity contribution in [2.24, 2.45) is 5.92 Å². The SMILES string of the molecule is [C-]#[N+]c1cc2cc(Br)cn2c(CC2CN(C(=O)OC(C)(C)C)C2)c1C. The van der Waals surface area contributed by atoms with Gasteiger partial charge in [0.05, 0.1) is 6.57 Å². The minimum atomic E-state index is -0.466. The van der Waals surface area contributed by atoms with Crippen LogP contribution in [0.2, 0.25) is 0 Å². The van der Waals surface area contributed by atoms with E-state index in [1.165, 1.54) is 0 Å². The summed E-state index contributed by atoms with van der Waals surface area (Å²) in [5, 5.41) is 0. The van der Waals surface area contributed by atoms with Gasteiger partial charge >= 0.3 is 6.09 Å². The maximum Gasteiger partial charge on any atom is 0.410 e. The van der Waals surface area contributed by atoms with Crippen molar-refractivity contribution < 1.29 is 9.53 Å². The molecule has 3 rings (SSSR count). The molecule has 1 fully saturated rings. The van der Waals surface area contributed by atoms with Crippen LogP contribution in [0.3, 0.4) is 0 Å². The molecule has 0 spiro atoms. The van der Waals surface area contributed by atoms with E-state index in [2.05, 4.69) is 25.2 Å². The Balaban J connectivity index is 1.76. The van der Waals surface area contributed by atoms with Crippen molar-refractivity contribution in [2.45, 2.75) is 39.7 Å². The van der Waals surface area contributed by atoms with Gasteiger partial charge in [-0.2, -0.15) is 0 Å². The number of likely N-dealkylation sites (tertiary alicyclic amines) is 1. The molecule has 2 aromatic rings. The molecule has 1 aliphatic rings. The smallest absolute Gasteiger partial charge is 0.410 e. The predicted octanol–water partition coefficient (Wildman–Crippen LogP) is 4.97. The van der Waals surface area contributed by atoms with Crippen LogP contribution in [-0.2, 0) is 11.2 Å². The van der Waals surface area contributed by atoms with Gasteiger partial charge in [-0.15, -0.1) is 0 Å². The molecule has 3 heterocycles. The third-order valence-electron chi connectivity index (χ3n) is 4.42. The van der Waals surface area contributed by atoms with E-state index >= 15 is 0 Å². The quantitative estimate of drug-likeness (QED) is 0.663. The zero-order valence-electron chi connectivity index (χ0n) is 15.0. The molecular formula is C19H22BrN3O2. The summed E-state index contributed by atoms with van der Waals surface area (Å²) < 4.78 is 8.55. The van der Waals surface area contributed by atoms with Gasteiger partial charge in [0.1, 0.15) is 5.60 Å². The average Bonchev–Trinajstić information content (AvgIpc) is 2.81. The van der Waals surface area contributed by atoms with Gasteiger partial charge in [-0.1, -0.05) is 0 Å². The summed E-state index contributed by atoms with van der Waals surface area (Å²) in [5.74, 6) is 0.386. The van der Waals surface area contributed by atoms with Crippen molar-refractivity contribution in [1.82, 2.24) is 9.30 Å². The maximum atomic E-state index is 12.1. The Morgan fingerprint density at radius 1 is 1.40 bits per heavy atom. The summed E-state index contributed by atoms with van der Waals surface area (Å²) >= 11 is 3.52. The van der Waals surface area contributed by atoms with E-state index in [-0.39, 0.29) is 6.09 Å². The number of carbonyl (C=O) groups excluding carboxylic acids is 1. The van der Waals surface area contributed by atoms with Crippen molar-refractivity contribution in [2.75, 3.05) is 13.1 Å². The lowest BCUT2D eigenvalue weighted by molar-refractivity contribution is -0.00105. The maximum absolute atomic E-state index is 12.1. The fraction of sp³-hybridized carbons (Fsp3) is 0.474. The Kier molecular flexibility index (Phi) is 4.54. The van der Waals surface area contributed by atoms with Crippen molar-refractivity contribution >= 4 is 33.2 Å². The van der Waals surface area contributed by atoms with Crippen LogP contribution in [0.25, 0.3) is 10.4 Å². The van der Waals surface area contributed by atoms with Gasteiger partial charge in [0.15, 0.2) is 5.69 Å². The summed E-state index contributed by atoms with van der Waals surface area (Å²) in [7, 11) is 0. The highest BCUT2D eigenvalue weighted by molar-refractivity contribution is 9.10. The Hall–Kier alpha value is -2.00. The fourth-order valence-corrected chi connectivity index (χ4v) is 3.62. The van der Waals surface area contributed by atoms with Gasteiger partial charge in [-0.25, -0.2) is 9.64 Å². The first-order valence-corrected chi connectivity index (χ1v) is 9.12. The fourth-order valence-electron chi connectivity index (χ4n) is 3.18. The highest BCUT2D eigenvalue weighted by Crippen LogP contribution is 2.31. The number of rotatable bonds is 2. The molecule has 1 amide bonds. The minimum absolute atomic E-state index is 0.246. The van der Waals surface area contributed by atoms with E-state index < -0.39 is 5.60 Å². The summed E-state index contributed by atoms with van der Waals surface area (Å²) in [5.41, 5.74) is 3.40. The molecule has 6 heteroatoms. The molecule has 0 atom stereocenters. The molecule has 0 N–H and O–H groups in total. The molecule has 0 bridgehead atoms. The molecule has 0 radical (unpaired) electrons. The van der Waals surface area contributed by atoms with Crippen molar-refractivity contribution in [3.05, 3.63) is 45.5 Å². The third-order valence-corrected chi connectivity index (χ3v) is 4.85. The largest absolute Gasteiger partial charge is 0.444 e. The molecule has 25 heavy (non-hydrogen) atoms. The van der Waals surface area contributed by atoms with Crippen LogP contribution in [0.1, 0.15) is 32.0 Å². The van der Waals surface area contributed by atoms with E-state index in [9.17, 15) is 4.79 Å². The Labute approximate surface area is 156 Å². The van der Waals surface area contributed by atoms with Crippen LogP contribution >= 0.6 is 15.9 Å². The van der Waals surface area contributed by atoms with Crippen molar-refractivity contribution in [3.63, 3.8) is 0 Å². The summed E-state index contributed by atoms with van der Waals surface area (Å²) in [6.07, 6.45) is 2.63. The van der Waals surface area contributed by atoms with E-state index in [0.717, 1.165) is 27.7 Å². The van der Waals surface area contributed by atoms with Crippen LogP contribution in [0.5, 0.6) is 0 Å². The number of hydrogen-bond acceptors (Lipinski definition) is 2. The second kappa shape index (κ2) is 6.38. The van der Waals surface area contributed by atoms with Gasteiger partial charge < -0.3 is 14.0 Å². The standard InChI is InChI=1S/C19H22BrN3O2/c1-12-16(21-5)8-15-7-14(20)11-23(15)17(12)6-13-9-22(10-13)18(24)25-19(2,3)4/h7-8,11,13H,6,9-10H2,1-4H3. The van der Waals surface area contributed by atoms with Gasteiger partial charge in [-0.05, 0) is 73.7 Å². The molecule has 5 nitrogen and oxygen atoms in total. The number of carbonyl (C=O) groups is 1. The van der Waals surface area contributed by atoms with Crippen LogP contribution in [0.15, 0.2) is 22.8 Å². The van der Waals surface area contributed by atoms with E-state index in [1.54, 1.807) is 4.90 Å². The molecule has 0 aliphatic carbocycles. The van der Waals surface area contributed by atoms with Gasteiger partial charge in [-0.3, -0.25) is 0 Å². The van der Waals surface area contributed by atoms with E-state index in [4.69, 9.17) is 11.3 Å². The topological polar surface area (TPSA) is 38.3 Å². The highest BCUT2D eigenvalue weighted by Gasteiger charge is 2.34. The van der Waals surface area contributed by atoms with Crippen LogP contribution in [0, 0.1) is 19.4 Å². The van der Waals surface area contributed by atoms with Crippen molar-refractivity contribution in [3.8, 4) is 0 Å². The van der Waals surface area contributed by atoms with Crippen LogP contribution in [-0.4, -0.2) is 34.1 Å². The van der Waals surface area contributed by atoms with Gasteiger partial charge in [0, 0.05) is 35.0 Å². The summed E-state index contributed by atoms with van der Waals surface area (Å²) in [4.78, 5) is 17.5. The van der Waals surface area contributed by atoms with Gasteiger partial charge in [0.2, 0.25) is 0 Å². The second-order valence-electron chi connectivity index (χ2n) is 7.62. The Morgan fingerprint density at radius 2 is 2.08 bits per heavy atom. The lowest BCUT2D eigenvalue weighted by Gasteiger charge is -2.40. The molecule has 2 aromatic heterocycles. The lowest BCUT2D eigenvalue weighted by Crippen LogP contribution is -2.52. The number of aromatic nitrogens is 1. The molecular weight excluding hydrogens is 382 g/mol. The van der Waals surface area contributed by atoms with Gasteiger partial charge in [0.25, 0.3) is 0 Å². The minimum Gasteiger partial charge on any atom is -0.444 e. The molecule has 0 unspecified atom stereocenters. The molecule has 0 aromatic carbocycles. The zero-order valence-corrected chi connectivity index (χ0v) is 16.6. The zero-order chi connectivity index (χ0) is 18.4. The number of ether oxygens (including phenoxy) is 1. The summed E-state index contributed by atoms with van der Waals surface area (Å²) in [6, 6.07) is 3.94. The Morgan fingerprint density at radius 3 is 2.68 bits per heavy atom. The first-order chi connectivity index (χ1) is 11.7. The number of hydrogen-bond donors (Lipinski definition) is 0. The summed E-state index contributed by atoms with van der Waals surface area (Å²) in [6.45, 7) is 16.4. The lowest BCUT2D eigenvalue weighted by atomic mass is 9.92. The highest BCUT2D eigenvalue weighted by atomic mass is 79.9. The van der Waals surface area contributed by atoms with E-state index in [1.807, 2.05) is 46.0 Å². The van der Waals surface area contributed by atoms with Crippen LogP contribution < -0.4 is 0 Å². The molecule has 1 aliphatic heterocycles.